The van der Waals surface area contributed by atoms with E-state index < -0.39 is 0 Å². The maximum Gasteiger partial charge on any atom is 0 e. The van der Waals surface area contributed by atoms with Gasteiger partial charge in [-0.05, 0) is 14.1 Å². The first kappa shape index (κ1) is 10.9. The molecule has 0 aromatic rings. The third-order valence-electron chi connectivity index (χ3n) is 0.894. The smallest absolute Gasteiger partial charge is 0 e. The minimum absolute atomic E-state index is 0. The van der Waals surface area contributed by atoms with Crippen molar-refractivity contribution in [3.05, 3.63) is 6.04 Å². The Morgan fingerprint density at radius 3 is 1.29 bits per heavy atom. The minimum atomic E-state index is 0. The molecule has 2 heteroatoms. The Balaban J connectivity index is 0. The summed E-state index contributed by atoms with van der Waals surface area (Å²) in [6.07, 6.45) is 0. The molecule has 0 rings (SSSR count). The van der Waals surface area contributed by atoms with Crippen molar-refractivity contribution in [2.75, 3.05) is 14.1 Å². The number of nitrogens with zero attached hydrogens (tertiary/aromatic N) is 1. The molecule has 0 aliphatic rings. The Morgan fingerprint density at radius 2 is 1.29 bits per heavy atom. The van der Waals surface area contributed by atoms with Crippen LogP contribution in [0.5, 0.6) is 0 Å². The molecule has 0 aliphatic heterocycles. The Kier molecular flexibility index (Phi) is 8.14. The van der Waals surface area contributed by atoms with Crippen LogP contribution >= 0.6 is 0 Å². The van der Waals surface area contributed by atoms with Crippen molar-refractivity contribution >= 4 is 0 Å². The van der Waals surface area contributed by atoms with Crippen LogP contribution in [0.1, 0.15) is 13.8 Å². The molecule has 1 nitrogen and oxygen atoms in total. The molecule has 0 unspecified atom stereocenters. The normalized spacial score (nSPS) is 9.43. The van der Waals surface area contributed by atoms with Crippen molar-refractivity contribution in [1.82, 2.24) is 4.90 Å². The molecule has 0 fully saturated rings. The summed E-state index contributed by atoms with van der Waals surface area (Å²) in [6.45, 7) is 4.17. The number of rotatable bonds is 1. The number of hydrogen-bond donors (Lipinski definition) is 0. The predicted molar refractivity (Wildman–Crippen MR) is 28.3 cm³/mol. The molecule has 0 saturated heterocycles. The maximum absolute atomic E-state index is 2.08. The third kappa shape index (κ3) is 7.06. The van der Waals surface area contributed by atoms with E-state index in [1.807, 2.05) is 14.1 Å². The quantitative estimate of drug-likeness (QED) is 0.539. The SMILES string of the molecule is C[C-](C)N(C)C.[Y]. The molecular formula is C5H12NY-. The summed E-state index contributed by atoms with van der Waals surface area (Å²) < 4.78 is 0. The predicted octanol–water partition coefficient (Wildman–Crippen LogP) is 1.12. The van der Waals surface area contributed by atoms with E-state index in [-0.39, 0.29) is 32.7 Å². The summed E-state index contributed by atoms with van der Waals surface area (Å²) in [6, 6.07) is 1.34. The minimum Gasteiger partial charge on any atom is -0.459 e. The topological polar surface area (TPSA) is 3.24 Å². The van der Waals surface area contributed by atoms with Gasteiger partial charge in [-0.1, -0.05) is 0 Å². The molecule has 1 radical (unpaired) electrons. The second kappa shape index (κ2) is 5.21. The van der Waals surface area contributed by atoms with Gasteiger partial charge in [-0.15, -0.1) is 0 Å². The van der Waals surface area contributed by atoms with Crippen LogP contribution in [0.15, 0.2) is 0 Å². The van der Waals surface area contributed by atoms with Crippen molar-refractivity contribution in [3.8, 4) is 0 Å². The van der Waals surface area contributed by atoms with Crippen LogP contribution in [0.25, 0.3) is 0 Å². The first-order valence-electron chi connectivity index (χ1n) is 2.12. The molecule has 0 heterocycles. The Morgan fingerprint density at radius 1 is 1.14 bits per heavy atom. The van der Waals surface area contributed by atoms with E-state index in [0.29, 0.717) is 0 Å². The fraction of sp³-hybridized carbons (Fsp3) is 0.800. The van der Waals surface area contributed by atoms with E-state index in [1.165, 1.54) is 6.04 Å². The average Bonchev–Trinajstić information content (AvgIpc) is 1.36. The van der Waals surface area contributed by atoms with Gasteiger partial charge < -0.3 is 4.90 Å². The molecule has 0 saturated carbocycles. The summed E-state index contributed by atoms with van der Waals surface area (Å²) in [5.74, 6) is 0. The molecule has 0 bridgehead atoms. The number of hydrogen-bond acceptors (Lipinski definition) is 1. The second-order valence-corrected chi connectivity index (χ2v) is 1.84. The third-order valence-corrected chi connectivity index (χ3v) is 0.894. The van der Waals surface area contributed by atoms with Gasteiger partial charge in [0.05, 0.1) is 0 Å². The summed E-state index contributed by atoms with van der Waals surface area (Å²) in [4.78, 5) is 2.08. The molecule has 0 aliphatic carbocycles. The van der Waals surface area contributed by atoms with Gasteiger partial charge in [0.25, 0.3) is 0 Å². The fourth-order valence-corrected chi connectivity index (χ4v) is 0. The summed E-state index contributed by atoms with van der Waals surface area (Å²) in [5.41, 5.74) is 0. The Bertz CT molecular complexity index is 29.1. The summed E-state index contributed by atoms with van der Waals surface area (Å²) in [5, 5.41) is 0. The zero-order valence-electron chi connectivity index (χ0n) is 5.52. The van der Waals surface area contributed by atoms with E-state index in [4.69, 9.17) is 0 Å². The zero-order chi connectivity index (χ0) is 5.15. The van der Waals surface area contributed by atoms with Gasteiger partial charge in [-0.25, -0.2) is 0 Å². The van der Waals surface area contributed by atoms with Gasteiger partial charge in [-0.2, -0.15) is 13.8 Å². The fourth-order valence-electron chi connectivity index (χ4n) is 0. The van der Waals surface area contributed by atoms with E-state index in [9.17, 15) is 0 Å². The Hall–Kier alpha value is 1.06. The van der Waals surface area contributed by atoms with Gasteiger partial charge in [0.2, 0.25) is 0 Å². The van der Waals surface area contributed by atoms with Crippen LogP contribution in [0.2, 0.25) is 0 Å². The van der Waals surface area contributed by atoms with Crippen LogP contribution in [-0.2, 0) is 32.7 Å². The molecular weight excluding hydrogens is 163 g/mol. The molecule has 0 aromatic heterocycles. The molecule has 7 heavy (non-hydrogen) atoms. The van der Waals surface area contributed by atoms with Crippen LogP contribution in [-0.4, -0.2) is 19.0 Å². The molecule has 0 aromatic carbocycles. The monoisotopic (exact) mass is 175 g/mol. The van der Waals surface area contributed by atoms with Crippen molar-refractivity contribution < 1.29 is 32.7 Å². The largest absolute Gasteiger partial charge is 0.459 e. The van der Waals surface area contributed by atoms with Gasteiger partial charge in [-0.3, -0.25) is 6.04 Å². The standard InChI is InChI=1S/C5H12N.Y/c1-5(2)6(3)4;/h1-4H3;/q-1;. The molecule has 0 amide bonds. The van der Waals surface area contributed by atoms with Crippen LogP contribution in [0.4, 0.5) is 0 Å². The van der Waals surface area contributed by atoms with Gasteiger partial charge >= 0.3 is 0 Å². The van der Waals surface area contributed by atoms with E-state index >= 15 is 0 Å². The van der Waals surface area contributed by atoms with Gasteiger partial charge in [0.1, 0.15) is 0 Å². The van der Waals surface area contributed by atoms with Crippen LogP contribution in [0, 0.1) is 6.04 Å². The average molecular weight is 175 g/mol. The molecule has 41 valence electrons. The first-order valence-corrected chi connectivity index (χ1v) is 2.12. The summed E-state index contributed by atoms with van der Waals surface area (Å²) in [7, 11) is 4.07. The Labute approximate surface area is 71.3 Å². The van der Waals surface area contributed by atoms with Crippen molar-refractivity contribution in [3.63, 3.8) is 0 Å². The van der Waals surface area contributed by atoms with Gasteiger partial charge in [0.15, 0.2) is 0 Å². The van der Waals surface area contributed by atoms with Crippen molar-refractivity contribution in [2.24, 2.45) is 0 Å². The van der Waals surface area contributed by atoms with Crippen molar-refractivity contribution in [2.45, 2.75) is 13.8 Å². The summed E-state index contributed by atoms with van der Waals surface area (Å²) >= 11 is 0. The maximum atomic E-state index is 2.08. The van der Waals surface area contributed by atoms with E-state index in [2.05, 4.69) is 18.7 Å². The molecule has 0 atom stereocenters. The van der Waals surface area contributed by atoms with Crippen LogP contribution in [0.3, 0.4) is 0 Å². The van der Waals surface area contributed by atoms with Crippen molar-refractivity contribution in [1.29, 1.82) is 0 Å². The van der Waals surface area contributed by atoms with Gasteiger partial charge in [0, 0.05) is 32.7 Å². The molecule has 0 N–H and O–H groups in total. The zero-order valence-corrected chi connectivity index (χ0v) is 8.36. The molecule has 0 spiro atoms. The first-order chi connectivity index (χ1) is 2.64. The second-order valence-electron chi connectivity index (χ2n) is 1.84. The van der Waals surface area contributed by atoms with Crippen LogP contribution < -0.4 is 0 Å². The van der Waals surface area contributed by atoms with E-state index in [1.54, 1.807) is 0 Å². The van der Waals surface area contributed by atoms with E-state index in [0.717, 1.165) is 0 Å².